The summed E-state index contributed by atoms with van der Waals surface area (Å²) in [7, 11) is 0. The normalized spacial score (nSPS) is 12.3. The van der Waals surface area contributed by atoms with Crippen LogP contribution in [0.15, 0.2) is 109 Å². The maximum atomic E-state index is 13.3. The summed E-state index contributed by atoms with van der Waals surface area (Å²) >= 11 is 0. The van der Waals surface area contributed by atoms with Crippen LogP contribution in [0.4, 0.5) is 0 Å². The monoisotopic (exact) mass is 532 g/mol. The third-order valence-electron chi connectivity index (χ3n) is 6.64. The van der Waals surface area contributed by atoms with Crippen molar-refractivity contribution >= 4 is 23.5 Å². The molecule has 4 rings (SSSR count). The van der Waals surface area contributed by atoms with Gasteiger partial charge in [-0.1, -0.05) is 126 Å². The van der Waals surface area contributed by atoms with Crippen LogP contribution < -0.4 is 0 Å². The average molecular weight is 533 g/mol. The van der Waals surface area contributed by atoms with E-state index in [1.165, 1.54) is 0 Å². The fraction of sp³-hybridized carbons (Fsp3) is 0.222. The van der Waals surface area contributed by atoms with Crippen molar-refractivity contribution in [3.63, 3.8) is 0 Å². The maximum absolute atomic E-state index is 13.3. The highest BCUT2D eigenvalue weighted by atomic mass is 16.6. The molecule has 0 amide bonds. The van der Waals surface area contributed by atoms with Gasteiger partial charge >= 0.3 is 11.9 Å². The molecule has 0 aliphatic carbocycles. The van der Waals surface area contributed by atoms with E-state index in [2.05, 4.69) is 41.5 Å². The molecule has 0 atom stereocenters. The van der Waals surface area contributed by atoms with E-state index >= 15 is 0 Å². The SMILES string of the molecule is CC(C)(C)c1ccc(/C(OC(=O)c2ccccc2)=C(\OC(=O)c2ccccc2)c2ccc(C(C)(C)C)cc2)cc1. The lowest BCUT2D eigenvalue weighted by Gasteiger charge is -2.21. The van der Waals surface area contributed by atoms with Gasteiger partial charge in [-0.2, -0.15) is 0 Å². The summed E-state index contributed by atoms with van der Waals surface area (Å²) in [6.45, 7) is 12.8. The van der Waals surface area contributed by atoms with E-state index in [1.807, 2.05) is 60.7 Å². The van der Waals surface area contributed by atoms with Crippen LogP contribution in [0.2, 0.25) is 0 Å². The van der Waals surface area contributed by atoms with Crippen LogP contribution in [0, 0.1) is 0 Å². The molecular weight excluding hydrogens is 496 g/mol. The van der Waals surface area contributed by atoms with Gasteiger partial charge in [0.2, 0.25) is 0 Å². The number of hydrogen-bond donors (Lipinski definition) is 0. The van der Waals surface area contributed by atoms with Gasteiger partial charge in [0.15, 0.2) is 11.5 Å². The van der Waals surface area contributed by atoms with Crippen molar-refractivity contribution < 1.29 is 19.1 Å². The van der Waals surface area contributed by atoms with Crippen molar-refractivity contribution in [1.29, 1.82) is 0 Å². The first kappa shape index (κ1) is 28.6. The summed E-state index contributed by atoms with van der Waals surface area (Å²) in [6.07, 6.45) is 0. The Morgan fingerprint density at radius 1 is 0.425 bits per heavy atom. The topological polar surface area (TPSA) is 52.6 Å². The summed E-state index contributed by atoms with van der Waals surface area (Å²) in [5.74, 6) is -0.755. The summed E-state index contributed by atoms with van der Waals surface area (Å²) in [5, 5.41) is 0. The molecule has 0 fully saturated rings. The largest absolute Gasteiger partial charge is 0.418 e. The lowest BCUT2D eigenvalue weighted by atomic mass is 9.86. The predicted octanol–water partition coefficient (Wildman–Crippen LogP) is 8.82. The first-order chi connectivity index (χ1) is 18.9. The molecule has 0 saturated heterocycles. The molecule has 0 unspecified atom stereocenters. The number of carbonyl (C=O) groups excluding carboxylic acids is 2. The summed E-state index contributed by atoms with van der Waals surface area (Å²) in [4.78, 5) is 26.7. The zero-order valence-corrected chi connectivity index (χ0v) is 24.0. The number of rotatable bonds is 6. The zero-order chi connectivity index (χ0) is 28.9. The molecule has 4 nitrogen and oxygen atoms in total. The van der Waals surface area contributed by atoms with Crippen LogP contribution in [0.3, 0.4) is 0 Å². The smallest absolute Gasteiger partial charge is 0.343 e. The molecular formula is C36H36O4. The molecule has 40 heavy (non-hydrogen) atoms. The minimum absolute atomic E-state index is 0.0610. The van der Waals surface area contributed by atoms with Gasteiger partial charge in [-0.15, -0.1) is 0 Å². The van der Waals surface area contributed by atoms with Gasteiger partial charge in [0.25, 0.3) is 0 Å². The van der Waals surface area contributed by atoms with Crippen LogP contribution in [-0.4, -0.2) is 11.9 Å². The fourth-order valence-corrected chi connectivity index (χ4v) is 4.17. The lowest BCUT2D eigenvalue weighted by molar-refractivity contribution is 0.0646. The summed E-state index contributed by atoms with van der Waals surface area (Å²) < 4.78 is 12.1. The molecule has 204 valence electrons. The number of hydrogen-bond acceptors (Lipinski definition) is 4. The standard InChI is InChI=1S/C36H36O4/c1-35(2,3)29-21-17-25(18-22-29)31(39-33(37)27-13-9-7-10-14-27)32(40-34(38)28-15-11-8-12-16-28)26-19-23-30(24-20-26)36(4,5)6/h7-24H,1-6H3/b32-31+. The Bertz CT molecular complexity index is 1370. The van der Waals surface area contributed by atoms with E-state index < -0.39 is 11.9 Å². The van der Waals surface area contributed by atoms with Gasteiger partial charge in [0.1, 0.15) is 0 Å². The van der Waals surface area contributed by atoms with Gasteiger partial charge in [0.05, 0.1) is 11.1 Å². The highest BCUT2D eigenvalue weighted by Gasteiger charge is 2.24. The predicted molar refractivity (Wildman–Crippen MR) is 161 cm³/mol. The van der Waals surface area contributed by atoms with E-state index in [0.717, 1.165) is 11.1 Å². The van der Waals surface area contributed by atoms with Gasteiger partial charge in [0, 0.05) is 11.1 Å². The van der Waals surface area contributed by atoms with Crippen molar-refractivity contribution in [1.82, 2.24) is 0 Å². The van der Waals surface area contributed by atoms with E-state index in [9.17, 15) is 9.59 Å². The Kier molecular flexibility index (Phi) is 8.39. The second kappa shape index (κ2) is 11.7. The Hall–Kier alpha value is -4.44. The zero-order valence-electron chi connectivity index (χ0n) is 24.0. The third-order valence-corrected chi connectivity index (χ3v) is 6.64. The summed E-state index contributed by atoms with van der Waals surface area (Å²) in [5.41, 5.74) is 4.15. The van der Waals surface area contributed by atoms with Crippen molar-refractivity contribution in [2.24, 2.45) is 0 Å². The number of ether oxygens (including phenoxy) is 2. The molecule has 4 heteroatoms. The molecule has 0 heterocycles. The van der Waals surface area contributed by atoms with Crippen molar-refractivity contribution in [2.45, 2.75) is 52.4 Å². The van der Waals surface area contributed by atoms with Crippen LogP contribution >= 0.6 is 0 Å². The van der Waals surface area contributed by atoms with Crippen LogP contribution in [0.25, 0.3) is 11.5 Å². The molecule has 0 aliphatic rings. The summed E-state index contributed by atoms with van der Waals surface area (Å²) in [6, 6.07) is 33.2. The first-order valence-electron chi connectivity index (χ1n) is 13.4. The molecule has 4 aromatic rings. The van der Waals surface area contributed by atoms with E-state index in [4.69, 9.17) is 9.47 Å². The minimum Gasteiger partial charge on any atom is -0.418 e. The number of carbonyl (C=O) groups is 2. The first-order valence-corrected chi connectivity index (χ1v) is 13.4. The quantitative estimate of drug-likeness (QED) is 0.141. The van der Waals surface area contributed by atoms with Gasteiger partial charge < -0.3 is 9.47 Å². The molecule has 0 bridgehead atoms. The molecule has 0 aliphatic heterocycles. The van der Waals surface area contributed by atoms with Crippen molar-refractivity contribution in [3.05, 3.63) is 143 Å². The average Bonchev–Trinajstić information content (AvgIpc) is 2.95. The molecule has 0 saturated carbocycles. The fourth-order valence-electron chi connectivity index (χ4n) is 4.17. The molecule has 0 N–H and O–H groups in total. The second-order valence-electron chi connectivity index (χ2n) is 11.8. The molecule has 4 aromatic carbocycles. The van der Waals surface area contributed by atoms with Crippen LogP contribution in [0.1, 0.15) is 84.5 Å². The van der Waals surface area contributed by atoms with Crippen LogP contribution in [-0.2, 0) is 20.3 Å². The molecule has 0 radical (unpaired) electrons. The molecule has 0 aromatic heterocycles. The van der Waals surface area contributed by atoms with E-state index in [0.29, 0.717) is 22.3 Å². The number of benzene rings is 4. The minimum atomic E-state index is -0.546. The highest BCUT2D eigenvalue weighted by molar-refractivity contribution is 6.00. The third kappa shape index (κ3) is 6.95. The second-order valence-corrected chi connectivity index (χ2v) is 11.8. The van der Waals surface area contributed by atoms with Gasteiger partial charge in [-0.3, -0.25) is 0 Å². The van der Waals surface area contributed by atoms with Crippen molar-refractivity contribution in [2.75, 3.05) is 0 Å². The highest BCUT2D eigenvalue weighted by Crippen LogP contribution is 2.33. The molecule has 0 spiro atoms. The number of esters is 2. The van der Waals surface area contributed by atoms with Gasteiger partial charge in [-0.05, 0) is 46.2 Å². The Labute approximate surface area is 237 Å². The Morgan fingerprint density at radius 2 is 0.725 bits per heavy atom. The van der Waals surface area contributed by atoms with E-state index in [1.54, 1.807) is 48.5 Å². The van der Waals surface area contributed by atoms with Crippen molar-refractivity contribution in [3.8, 4) is 0 Å². The van der Waals surface area contributed by atoms with E-state index in [-0.39, 0.29) is 22.3 Å². The maximum Gasteiger partial charge on any atom is 0.343 e. The Balaban J connectivity index is 1.90. The lowest BCUT2D eigenvalue weighted by Crippen LogP contribution is -2.13. The van der Waals surface area contributed by atoms with Gasteiger partial charge in [-0.25, -0.2) is 9.59 Å². The Morgan fingerprint density at radius 3 is 1.00 bits per heavy atom. The van der Waals surface area contributed by atoms with Crippen LogP contribution in [0.5, 0.6) is 0 Å².